The standard InChI is InChI=1S/C18H18N4O6S/c23-13(19-6-7-21-14(24)10-29-17(21)27)9-22-15(25)18(20-16(22)26)5-8-28-12-4-2-1-3-11(12)18/h1-4H,5-10H2,(H,19,23)(H,20,26). The smallest absolute Gasteiger partial charge is 0.325 e. The molecular weight excluding hydrogens is 400 g/mol. The summed E-state index contributed by atoms with van der Waals surface area (Å²) in [7, 11) is 0. The van der Waals surface area contributed by atoms with E-state index in [-0.39, 0.29) is 43.0 Å². The Morgan fingerprint density at radius 1 is 1.21 bits per heavy atom. The fourth-order valence-electron chi connectivity index (χ4n) is 3.62. The maximum absolute atomic E-state index is 13.1. The van der Waals surface area contributed by atoms with Crippen LogP contribution in [0.25, 0.3) is 0 Å². The molecule has 1 atom stereocenters. The molecule has 1 aromatic carbocycles. The van der Waals surface area contributed by atoms with Gasteiger partial charge in [0.25, 0.3) is 11.1 Å². The molecule has 1 spiro atoms. The Kier molecular flexibility index (Phi) is 4.91. The Bertz CT molecular complexity index is 905. The lowest BCUT2D eigenvalue weighted by Gasteiger charge is -2.33. The third-order valence-electron chi connectivity index (χ3n) is 5.06. The molecule has 2 N–H and O–H groups in total. The summed E-state index contributed by atoms with van der Waals surface area (Å²) in [5.74, 6) is -0.741. The number of carbonyl (C=O) groups excluding carboxylic acids is 5. The number of thioether (sulfide) groups is 1. The van der Waals surface area contributed by atoms with E-state index in [0.717, 1.165) is 21.6 Å². The molecule has 1 unspecified atom stereocenters. The van der Waals surface area contributed by atoms with Crippen LogP contribution in [0.4, 0.5) is 9.59 Å². The summed E-state index contributed by atoms with van der Waals surface area (Å²) in [6.45, 7) is -0.0986. The highest BCUT2D eigenvalue weighted by Gasteiger charge is 2.55. The third-order valence-corrected chi connectivity index (χ3v) is 5.92. The molecule has 0 saturated carbocycles. The van der Waals surface area contributed by atoms with E-state index in [1.807, 2.05) is 0 Å². The number of fused-ring (bicyclic) bond motifs is 2. The molecule has 29 heavy (non-hydrogen) atoms. The first-order valence-corrected chi connectivity index (χ1v) is 10.0. The highest BCUT2D eigenvalue weighted by Crippen LogP contribution is 2.40. The Hall–Kier alpha value is -3.08. The first-order valence-electron chi connectivity index (χ1n) is 9.02. The van der Waals surface area contributed by atoms with E-state index in [1.165, 1.54) is 0 Å². The largest absolute Gasteiger partial charge is 0.493 e. The topological polar surface area (TPSA) is 125 Å². The molecule has 152 valence electrons. The van der Waals surface area contributed by atoms with Crippen LogP contribution in [0.3, 0.4) is 0 Å². The van der Waals surface area contributed by atoms with Gasteiger partial charge in [-0.25, -0.2) is 4.79 Å². The predicted molar refractivity (Wildman–Crippen MR) is 101 cm³/mol. The van der Waals surface area contributed by atoms with Crippen molar-refractivity contribution in [1.82, 2.24) is 20.4 Å². The van der Waals surface area contributed by atoms with E-state index in [4.69, 9.17) is 4.74 Å². The van der Waals surface area contributed by atoms with Crippen LogP contribution in [0, 0.1) is 0 Å². The van der Waals surface area contributed by atoms with Gasteiger partial charge in [0.2, 0.25) is 11.8 Å². The second-order valence-corrected chi connectivity index (χ2v) is 7.70. The number of urea groups is 1. The van der Waals surface area contributed by atoms with Gasteiger partial charge in [0.1, 0.15) is 12.3 Å². The van der Waals surface area contributed by atoms with Crippen LogP contribution in [-0.2, 0) is 19.9 Å². The molecule has 0 aromatic heterocycles. The maximum Gasteiger partial charge on any atom is 0.325 e. The van der Waals surface area contributed by atoms with Crippen LogP contribution >= 0.6 is 11.8 Å². The molecule has 0 radical (unpaired) electrons. The Balaban J connectivity index is 1.39. The van der Waals surface area contributed by atoms with Gasteiger partial charge < -0.3 is 15.4 Å². The van der Waals surface area contributed by atoms with E-state index in [2.05, 4.69) is 10.6 Å². The summed E-state index contributed by atoms with van der Waals surface area (Å²) in [4.78, 5) is 62.8. The van der Waals surface area contributed by atoms with Crippen molar-refractivity contribution in [2.45, 2.75) is 12.0 Å². The second-order valence-electron chi connectivity index (χ2n) is 6.77. The van der Waals surface area contributed by atoms with Gasteiger partial charge in [-0.05, 0) is 6.07 Å². The summed E-state index contributed by atoms with van der Waals surface area (Å²) in [5.41, 5.74) is -0.672. The third kappa shape index (κ3) is 3.31. The number of para-hydroxylation sites is 1. The zero-order valence-corrected chi connectivity index (χ0v) is 16.1. The van der Waals surface area contributed by atoms with Gasteiger partial charge >= 0.3 is 6.03 Å². The molecule has 6 amide bonds. The van der Waals surface area contributed by atoms with E-state index in [9.17, 15) is 24.0 Å². The van der Waals surface area contributed by atoms with Crippen LogP contribution in [0.1, 0.15) is 12.0 Å². The fraction of sp³-hybridized carbons (Fsp3) is 0.389. The lowest BCUT2D eigenvalue weighted by molar-refractivity contribution is -0.136. The number of ether oxygens (including phenoxy) is 1. The molecule has 3 heterocycles. The monoisotopic (exact) mass is 418 g/mol. The maximum atomic E-state index is 13.1. The van der Waals surface area contributed by atoms with Crippen LogP contribution in [-0.4, -0.2) is 70.8 Å². The average Bonchev–Trinajstić information content (AvgIpc) is 3.14. The van der Waals surface area contributed by atoms with Crippen LogP contribution in [0.2, 0.25) is 0 Å². The number of imide groups is 2. The lowest BCUT2D eigenvalue weighted by Crippen LogP contribution is -2.48. The number of benzene rings is 1. The number of hydrogen-bond donors (Lipinski definition) is 2. The molecule has 2 saturated heterocycles. The number of nitrogens with zero attached hydrogens (tertiary/aromatic N) is 2. The highest BCUT2D eigenvalue weighted by molar-refractivity contribution is 8.14. The van der Waals surface area contributed by atoms with Crippen LogP contribution < -0.4 is 15.4 Å². The van der Waals surface area contributed by atoms with E-state index in [1.54, 1.807) is 24.3 Å². The SMILES string of the molecule is O=C(CN1C(=O)NC2(CCOc3ccccc32)C1=O)NCCN1C(=O)CSC1=O. The van der Waals surface area contributed by atoms with Crippen molar-refractivity contribution in [3.63, 3.8) is 0 Å². The first-order chi connectivity index (χ1) is 13.9. The Morgan fingerprint density at radius 2 is 2.00 bits per heavy atom. The summed E-state index contributed by atoms with van der Waals surface area (Å²) in [6.07, 6.45) is 0.267. The summed E-state index contributed by atoms with van der Waals surface area (Å²) < 4.78 is 5.57. The lowest BCUT2D eigenvalue weighted by atomic mass is 9.84. The number of rotatable bonds is 5. The second kappa shape index (κ2) is 7.39. The van der Waals surface area contributed by atoms with Gasteiger partial charge in [0.15, 0.2) is 5.54 Å². The van der Waals surface area contributed by atoms with Gasteiger partial charge in [-0.1, -0.05) is 30.0 Å². The highest BCUT2D eigenvalue weighted by atomic mass is 32.2. The molecule has 4 rings (SSSR count). The van der Waals surface area contributed by atoms with Gasteiger partial charge in [-0.2, -0.15) is 0 Å². The van der Waals surface area contributed by atoms with Crippen molar-refractivity contribution < 1.29 is 28.7 Å². The van der Waals surface area contributed by atoms with Crippen LogP contribution in [0.5, 0.6) is 5.75 Å². The molecule has 3 aliphatic heterocycles. The Labute approximate surface area is 169 Å². The minimum absolute atomic E-state index is 0.0440. The van der Waals surface area contributed by atoms with Crippen molar-refractivity contribution in [2.75, 3.05) is 32.0 Å². The minimum atomic E-state index is -1.24. The van der Waals surface area contributed by atoms with Crippen molar-refractivity contribution in [3.05, 3.63) is 29.8 Å². The minimum Gasteiger partial charge on any atom is -0.493 e. The average molecular weight is 418 g/mol. The molecule has 10 nitrogen and oxygen atoms in total. The quantitative estimate of drug-likeness (QED) is 0.646. The Morgan fingerprint density at radius 3 is 2.76 bits per heavy atom. The van der Waals surface area contributed by atoms with Gasteiger partial charge in [0, 0.05) is 25.1 Å². The number of nitrogens with one attached hydrogen (secondary N) is 2. The summed E-state index contributed by atoms with van der Waals surface area (Å²) in [6, 6.07) is 6.33. The first kappa shape index (κ1) is 19.2. The number of amides is 6. The van der Waals surface area contributed by atoms with Crippen molar-refractivity contribution in [3.8, 4) is 5.75 Å². The van der Waals surface area contributed by atoms with E-state index < -0.39 is 29.9 Å². The van der Waals surface area contributed by atoms with E-state index >= 15 is 0 Å². The molecule has 0 aliphatic carbocycles. The summed E-state index contributed by atoms with van der Waals surface area (Å²) >= 11 is 0.915. The molecular formula is C18H18N4O6S. The van der Waals surface area contributed by atoms with Crippen LogP contribution in [0.15, 0.2) is 24.3 Å². The number of carbonyl (C=O) groups is 5. The molecule has 2 fully saturated rings. The number of hydrogen-bond acceptors (Lipinski definition) is 7. The fourth-order valence-corrected chi connectivity index (χ4v) is 4.37. The molecule has 1 aromatic rings. The van der Waals surface area contributed by atoms with Gasteiger partial charge in [0.05, 0.1) is 12.4 Å². The zero-order chi connectivity index (χ0) is 20.6. The normalized spacial score (nSPS) is 23.3. The van der Waals surface area contributed by atoms with E-state index in [0.29, 0.717) is 11.3 Å². The molecule has 0 bridgehead atoms. The predicted octanol–water partition coefficient (Wildman–Crippen LogP) is 0.0278. The van der Waals surface area contributed by atoms with Gasteiger partial charge in [-0.3, -0.25) is 29.0 Å². The molecule has 11 heteroatoms. The van der Waals surface area contributed by atoms with Crippen molar-refractivity contribution in [1.29, 1.82) is 0 Å². The van der Waals surface area contributed by atoms with Gasteiger partial charge in [-0.15, -0.1) is 0 Å². The zero-order valence-electron chi connectivity index (χ0n) is 15.3. The van der Waals surface area contributed by atoms with Crippen molar-refractivity contribution >= 4 is 40.8 Å². The van der Waals surface area contributed by atoms with Crippen molar-refractivity contribution in [2.24, 2.45) is 0 Å². The molecule has 3 aliphatic rings. The summed E-state index contributed by atoms with van der Waals surface area (Å²) in [5, 5.41) is 4.91.